The monoisotopic (exact) mass is 282 g/mol. The maximum atomic E-state index is 8.79. The fourth-order valence-electron chi connectivity index (χ4n) is 2.40. The van der Waals surface area contributed by atoms with Crippen LogP contribution < -0.4 is 5.73 Å². The molecule has 0 fully saturated rings. The molecule has 0 saturated carbocycles. The summed E-state index contributed by atoms with van der Waals surface area (Å²) in [5.74, 6) is 1.07. The molecule has 20 heavy (non-hydrogen) atoms. The third-order valence-electron chi connectivity index (χ3n) is 3.45. The lowest BCUT2D eigenvalue weighted by atomic mass is 10.1. The zero-order valence-corrected chi connectivity index (χ0v) is 11.8. The number of hydrogen-bond donors (Lipinski definition) is 1. The molecule has 0 radical (unpaired) electrons. The summed E-state index contributed by atoms with van der Waals surface area (Å²) in [5.41, 5.74) is 10.3. The van der Waals surface area contributed by atoms with Crippen LogP contribution in [0.1, 0.15) is 28.7 Å². The lowest BCUT2D eigenvalue weighted by molar-refractivity contribution is 0.911. The van der Waals surface area contributed by atoms with Crippen molar-refractivity contribution in [1.29, 1.82) is 5.26 Å². The molecule has 1 heterocycles. The summed E-state index contributed by atoms with van der Waals surface area (Å²) in [4.78, 5) is 8.29. The fraction of sp³-hybridized carbons (Fsp3) is 0.267. The third-order valence-corrected chi connectivity index (χ3v) is 4.38. The van der Waals surface area contributed by atoms with E-state index in [1.807, 2.05) is 6.07 Å². The Balaban J connectivity index is 1.70. The SMILES string of the molecule is N#Cc1cnc(SCc2ccc3c(c2)CCC3)nc1N. The van der Waals surface area contributed by atoms with Crippen molar-refractivity contribution in [3.05, 3.63) is 46.6 Å². The number of thioether (sulfide) groups is 1. The van der Waals surface area contributed by atoms with Gasteiger partial charge in [-0.05, 0) is 36.0 Å². The van der Waals surface area contributed by atoms with Crippen LogP contribution in [0.5, 0.6) is 0 Å². The van der Waals surface area contributed by atoms with Crippen molar-refractivity contribution in [1.82, 2.24) is 9.97 Å². The van der Waals surface area contributed by atoms with Gasteiger partial charge in [0.15, 0.2) is 5.16 Å². The molecule has 0 amide bonds. The molecule has 1 aliphatic rings. The Morgan fingerprint density at radius 2 is 2.15 bits per heavy atom. The number of aromatic nitrogens is 2. The molecule has 100 valence electrons. The summed E-state index contributed by atoms with van der Waals surface area (Å²) in [5, 5.41) is 9.40. The Hall–Kier alpha value is -2.06. The fourth-order valence-corrected chi connectivity index (χ4v) is 3.16. The van der Waals surface area contributed by atoms with Crippen LogP contribution in [0.25, 0.3) is 0 Å². The zero-order valence-electron chi connectivity index (χ0n) is 11.0. The van der Waals surface area contributed by atoms with Crippen molar-refractivity contribution < 1.29 is 0 Å². The summed E-state index contributed by atoms with van der Waals surface area (Å²) >= 11 is 1.54. The minimum Gasteiger partial charge on any atom is -0.382 e. The van der Waals surface area contributed by atoms with E-state index in [0.717, 1.165) is 5.75 Å². The predicted molar refractivity (Wildman–Crippen MR) is 79.2 cm³/mol. The second-order valence-electron chi connectivity index (χ2n) is 4.81. The van der Waals surface area contributed by atoms with E-state index in [4.69, 9.17) is 11.0 Å². The zero-order chi connectivity index (χ0) is 13.9. The van der Waals surface area contributed by atoms with Gasteiger partial charge in [0.1, 0.15) is 17.5 Å². The minimum atomic E-state index is 0.249. The van der Waals surface area contributed by atoms with Gasteiger partial charge in [-0.25, -0.2) is 9.97 Å². The lowest BCUT2D eigenvalue weighted by Crippen LogP contribution is -1.98. The van der Waals surface area contributed by atoms with Crippen LogP contribution >= 0.6 is 11.8 Å². The number of rotatable bonds is 3. The van der Waals surface area contributed by atoms with E-state index in [-0.39, 0.29) is 5.82 Å². The van der Waals surface area contributed by atoms with E-state index in [9.17, 15) is 0 Å². The Morgan fingerprint density at radius 3 is 2.95 bits per heavy atom. The number of nitrogens with two attached hydrogens (primary N) is 1. The highest BCUT2D eigenvalue weighted by Gasteiger charge is 2.11. The van der Waals surface area contributed by atoms with Gasteiger partial charge in [0.05, 0.1) is 6.20 Å². The molecule has 4 nitrogen and oxygen atoms in total. The molecule has 0 aliphatic heterocycles. The van der Waals surface area contributed by atoms with E-state index in [2.05, 4.69) is 28.2 Å². The van der Waals surface area contributed by atoms with Crippen LogP contribution in [0, 0.1) is 11.3 Å². The molecule has 0 bridgehead atoms. The van der Waals surface area contributed by atoms with Gasteiger partial charge in [-0.3, -0.25) is 0 Å². The summed E-state index contributed by atoms with van der Waals surface area (Å²) in [6.07, 6.45) is 5.14. The number of anilines is 1. The molecule has 0 unspecified atom stereocenters. The second kappa shape index (κ2) is 5.51. The maximum absolute atomic E-state index is 8.79. The van der Waals surface area contributed by atoms with Crippen molar-refractivity contribution in [3.8, 4) is 6.07 Å². The minimum absolute atomic E-state index is 0.249. The van der Waals surface area contributed by atoms with Crippen molar-refractivity contribution >= 4 is 17.6 Å². The topological polar surface area (TPSA) is 75.6 Å². The normalized spacial score (nSPS) is 12.9. The quantitative estimate of drug-likeness (QED) is 0.692. The van der Waals surface area contributed by atoms with Gasteiger partial charge in [-0.15, -0.1) is 0 Å². The summed E-state index contributed by atoms with van der Waals surface area (Å²) in [6.45, 7) is 0. The molecule has 3 rings (SSSR count). The molecule has 0 saturated heterocycles. The van der Waals surface area contributed by atoms with Crippen LogP contribution in [-0.4, -0.2) is 9.97 Å². The van der Waals surface area contributed by atoms with E-state index >= 15 is 0 Å². The van der Waals surface area contributed by atoms with Gasteiger partial charge < -0.3 is 5.73 Å². The Bertz CT molecular complexity index is 680. The van der Waals surface area contributed by atoms with Gasteiger partial charge in [0.25, 0.3) is 0 Å². The number of nitrogen functional groups attached to an aromatic ring is 1. The van der Waals surface area contributed by atoms with Crippen molar-refractivity contribution in [3.63, 3.8) is 0 Å². The molecule has 0 atom stereocenters. The third kappa shape index (κ3) is 2.61. The Labute approximate surface area is 122 Å². The van der Waals surface area contributed by atoms with E-state index in [1.54, 1.807) is 11.8 Å². The first-order valence-electron chi connectivity index (χ1n) is 6.52. The van der Waals surface area contributed by atoms with Gasteiger partial charge >= 0.3 is 0 Å². The summed E-state index contributed by atoms with van der Waals surface area (Å²) in [6, 6.07) is 8.64. The van der Waals surface area contributed by atoms with Crippen LogP contribution in [-0.2, 0) is 18.6 Å². The van der Waals surface area contributed by atoms with Crippen molar-refractivity contribution in [2.75, 3.05) is 5.73 Å². The molecule has 1 aliphatic carbocycles. The summed E-state index contributed by atoms with van der Waals surface area (Å²) < 4.78 is 0. The van der Waals surface area contributed by atoms with Crippen LogP contribution in [0.2, 0.25) is 0 Å². The largest absolute Gasteiger partial charge is 0.382 e. The molecule has 1 aromatic heterocycles. The number of fused-ring (bicyclic) bond motifs is 1. The first-order valence-corrected chi connectivity index (χ1v) is 7.51. The van der Waals surface area contributed by atoms with Gasteiger partial charge in [0.2, 0.25) is 0 Å². The Kier molecular flexibility index (Phi) is 3.57. The van der Waals surface area contributed by atoms with Gasteiger partial charge in [-0.1, -0.05) is 30.0 Å². The van der Waals surface area contributed by atoms with Crippen LogP contribution in [0.4, 0.5) is 5.82 Å². The molecule has 2 N–H and O–H groups in total. The highest BCUT2D eigenvalue weighted by atomic mass is 32.2. The Morgan fingerprint density at radius 1 is 1.30 bits per heavy atom. The predicted octanol–water partition coefficient (Wildman–Crippen LogP) is 2.71. The second-order valence-corrected chi connectivity index (χ2v) is 5.75. The van der Waals surface area contributed by atoms with E-state index in [0.29, 0.717) is 10.7 Å². The maximum Gasteiger partial charge on any atom is 0.189 e. The van der Waals surface area contributed by atoms with Crippen LogP contribution in [0.15, 0.2) is 29.6 Å². The van der Waals surface area contributed by atoms with Gasteiger partial charge in [-0.2, -0.15) is 5.26 Å². The number of aryl methyl sites for hydroxylation is 2. The van der Waals surface area contributed by atoms with Crippen molar-refractivity contribution in [2.24, 2.45) is 0 Å². The van der Waals surface area contributed by atoms with Crippen molar-refractivity contribution in [2.45, 2.75) is 30.2 Å². The number of nitrogens with zero attached hydrogens (tertiary/aromatic N) is 3. The number of nitriles is 1. The average Bonchev–Trinajstić information content (AvgIpc) is 2.92. The summed E-state index contributed by atoms with van der Waals surface area (Å²) in [7, 11) is 0. The highest BCUT2D eigenvalue weighted by Crippen LogP contribution is 2.26. The van der Waals surface area contributed by atoms with Crippen LogP contribution in [0.3, 0.4) is 0 Å². The smallest absolute Gasteiger partial charge is 0.189 e. The molecule has 2 aromatic rings. The molecule has 5 heteroatoms. The van der Waals surface area contributed by atoms with Gasteiger partial charge in [0, 0.05) is 5.75 Å². The number of hydrogen-bond acceptors (Lipinski definition) is 5. The van der Waals surface area contributed by atoms with E-state index in [1.165, 1.54) is 42.1 Å². The molecule has 1 aromatic carbocycles. The average molecular weight is 282 g/mol. The highest BCUT2D eigenvalue weighted by molar-refractivity contribution is 7.98. The lowest BCUT2D eigenvalue weighted by Gasteiger charge is -2.05. The molecule has 0 spiro atoms. The first-order chi connectivity index (χ1) is 9.76. The molecular weight excluding hydrogens is 268 g/mol. The van der Waals surface area contributed by atoms with E-state index < -0.39 is 0 Å². The molecular formula is C15H14N4S. The standard InChI is InChI=1S/C15H14N4S/c16-7-13-8-18-15(19-14(13)17)20-9-10-4-5-11-2-1-3-12(11)6-10/h4-6,8H,1-3,9H2,(H2,17,18,19). The number of benzene rings is 1. The first kappa shape index (κ1) is 12.9.